The minimum Gasteiger partial charge on any atom is -0.368 e. The second kappa shape index (κ2) is 9.43. The van der Waals surface area contributed by atoms with Crippen LogP contribution in [0.2, 0.25) is 0 Å². The molecule has 2 atom stereocenters. The molecule has 33 heavy (non-hydrogen) atoms. The van der Waals surface area contributed by atoms with E-state index in [-0.39, 0.29) is 18.5 Å². The Balaban J connectivity index is 1.53. The van der Waals surface area contributed by atoms with Crippen LogP contribution >= 0.6 is 0 Å². The molecule has 0 N–H and O–H groups in total. The van der Waals surface area contributed by atoms with Gasteiger partial charge in [-0.2, -0.15) is 4.31 Å². The van der Waals surface area contributed by atoms with Crippen molar-refractivity contribution < 1.29 is 17.6 Å². The Hall–Kier alpha value is -2.45. The van der Waals surface area contributed by atoms with Gasteiger partial charge in [-0.05, 0) is 49.9 Å². The Bertz CT molecular complexity index is 1130. The van der Waals surface area contributed by atoms with Crippen LogP contribution in [0.15, 0.2) is 42.5 Å². The molecular weight excluding hydrogens is 441 g/mol. The molecule has 2 aromatic rings. The maximum atomic E-state index is 15.1. The maximum Gasteiger partial charge on any atom is 0.221 e. The number of carbonyl (C=O) groups is 1. The Labute approximate surface area is 196 Å². The highest BCUT2D eigenvalue weighted by molar-refractivity contribution is 7.89. The minimum atomic E-state index is -3.63. The topological polar surface area (TPSA) is 60.9 Å². The first-order valence-electron chi connectivity index (χ1n) is 11.5. The lowest BCUT2D eigenvalue weighted by Gasteiger charge is -2.38. The van der Waals surface area contributed by atoms with Gasteiger partial charge in [0.05, 0.1) is 0 Å². The van der Waals surface area contributed by atoms with E-state index in [4.69, 9.17) is 0 Å². The van der Waals surface area contributed by atoms with Crippen LogP contribution in [0.4, 0.5) is 10.1 Å². The minimum absolute atomic E-state index is 0.0239. The van der Waals surface area contributed by atoms with Crippen LogP contribution in [0, 0.1) is 12.7 Å². The van der Waals surface area contributed by atoms with Crippen molar-refractivity contribution in [3.63, 3.8) is 0 Å². The predicted molar refractivity (Wildman–Crippen MR) is 128 cm³/mol. The van der Waals surface area contributed by atoms with Crippen molar-refractivity contribution >= 4 is 21.6 Å². The summed E-state index contributed by atoms with van der Waals surface area (Å²) in [5.74, 6) is -0.348. The molecule has 2 aliphatic rings. The van der Waals surface area contributed by atoms with Gasteiger partial charge in [0.1, 0.15) is 11.1 Å². The Morgan fingerprint density at radius 2 is 1.76 bits per heavy atom. The molecule has 0 aromatic heterocycles. The number of benzene rings is 2. The fraction of sp³-hybridized carbons (Fsp3) is 0.480. The van der Waals surface area contributed by atoms with Gasteiger partial charge in [0.25, 0.3) is 0 Å². The van der Waals surface area contributed by atoms with Gasteiger partial charge in [0.15, 0.2) is 0 Å². The summed E-state index contributed by atoms with van der Waals surface area (Å²) < 4.78 is 43.7. The number of aryl methyl sites for hydroxylation is 1. The van der Waals surface area contributed by atoms with Crippen molar-refractivity contribution in [2.24, 2.45) is 0 Å². The third-order valence-corrected chi connectivity index (χ3v) is 9.36. The van der Waals surface area contributed by atoms with Gasteiger partial charge >= 0.3 is 0 Å². The van der Waals surface area contributed by atoms with Crippen LogP contribution in [-0.4, -0.2) is 55.8 Å². The Kier molecular flexibility index (Phi) is 6.77. The Morgan fingerprint density at radius 1 is 1.06 bits per heavy atom. The molecule has 2 heterocycles. The monoisotopic (exact) mass is 473 g/mol. The van der Waals surface area contributed by atoms with Crippen LogP contribution in [-0.2, 0) is 21.4 Å². The summed E-state index contributed by atoms with van der Waals surface area (Å²) in [5, 5.41) is -0.602. The molecule has 0 radical (unpaired) electrons. The van der Waals surface area contributed by atoms with Crippen LogP contribution in [0.1, 0.15) is 48.6 Å². The third kappa shape index (κ3) is 4.77. The summed E-state index contributed by atoms with van der Waals surface area (Å²) >= 11 is 0. The lowest BCUT2D eigenvalue weighted by molar-refractivity contribution is -0.129. The zero-order valence-corrected chi connectivity index (χ0v) is 20.3. The van der Waals surface area contributed by atoms with Crippen molar-refractivity contribution in [1.29, 1.82) is 0 Å². The molecule has 2 fully saturated rings. The van der Waals surface area contributed by atoms with Gasteiger partial charge in [-0.25, -0.2) is 12.8 Å². The van der Waals surface area contributed by atoms with Crippen molar-refractivity contribution in [2.45, 2.75) is 51.4 Å². The molecule has 178 valence electrons. The first-order chi connectivity index (χ1) is 15.7. The van der Waals surface area contributed by atoms with Gasteiger partial charge < -0.3 is 9.80 Å². The number of piperazine rings is 1. The molecule has 4 rings (SSSR count). The molecule has 8 heteroatoms. The molecule has 1 amide bonds. The van der Waals surface area contributed by atoms with Crippen LogP contribution in [0.25, 0.3) is 0 Å². The van der Waals surface area contributed by atoms with E-state index in [0.717, 1.165) is 23.2 Å². The van der Waals surface area contributed by atoms with E-state index < -0.39 is 21.1 Å². The van der Waals surface area contributed by atoms with E-state index in [0.29, 0.717) is 38.2 Å². The predicted octanol–water partition coefficient (Wildman–Crippen LogP) is 3.86. The fourth-order valence-electron chi connectivity index (χ4n) is 4.92. The van der Waals surface area contributed by atoms with E-state index in [2.05, 4.69) is 4.90 Å². The summed E-state index contributed by atoms with van der Waals surface area (Å²) in [4.78, 5) is 15.4. The van der Waals surface area contributed by atoms with Crippen molar-refractivity contribution in [3.05, 3.63) is 65.0 Å². The van der Waals surface area contributed by atoms with E-state index in [1.54, 1.807) is 17.9 Å². The smallest absolute Gasteiger partial charge is 0.221 e. The number of nitrogens with zero attached hydrogens (tertiary/aromatic N) is 3. The van der Waals surface area contributed by atoms with E-state index in [9.17, 15) is 13.2 Å². The van der Waals surface area contributed by atoms with Crippen LogP contribution in [0.3, 0.4) is 0 Å². The van der Waals surface area contributed by atoms with E-state index in [1.807, 2.05) is 44.2 Å². The summed E-state index contributed by atoms with van der Waals surface area (Å²) in [6, 6.07) is 12.4. The van der Waals surface area contributed by atoms with Gasteiger partial charge in [0.2, 0.25) is 15.9 Å². The van der Waals surface area contributed by atoms with Gasteiger partial charge in [-0.3, -0.25) is 4.79 Å². The molecule has 0 bridgehead atoms. The average Bonchev–Trinajstić information content (AvgIpc) is 2.78. The number of hydrogen-bond donors (Lipinski definition) is 0. The lowest BCUT2D eigenvalue weighted by atomic mass is 10.0. The fourth-order valence-corrected chi connectivity index (χ4v) is 7.19. The molecule has 0 aliphatic carbocycles. The van der Waals surface area contributed by atoms with Crippen LogP contribution < -0.4 is 4.90 Å². The molecule has 2 aliphatic heterocycles. The molecule has 0 spiro atoms. The highest BCUT2D eigenvalue weighted by Gasteiger charge is 2.41. The molecule has 6 nitrogen and oxygen atoms in total. The molecule has 0 saturated carbocycles. The van der Waals surface area contributed by atoms with Crippen molar-refractivity contribution in [2.75, 3.05) is 31.1 Å². The molecule has 2 aromatic carbocycles. The molecular formula is C25H32FN3O3S. The number of amides is 1. The lowest BCUT2D eigenvalue weighted by Crippen LogP contribution is -2.48. The molecule has 2 unspecified atom stereocenters. The summed E-state index contributed by atoms with van der Waals surface area (Å²) in [5.41, 5.74) is 2.92. The first-order valence-corrected chi connectivity index (χ1v) is 13.0. The SMILES string of the molecule is CC(=O)N1CCN(c2ccc(CN3C(C)CCC(c4ccccc4C)S3(=O)=O)c(F)c2)CC1. The number of halogens is 1. The second-order valence-corrected chi connectivity index (χ2v) is 11.2. The average molecular weight is 474 g/mol. The number of sulfonamides is 1. The number of carbonyl (C=O) groups excluding carboxylic acids is 1. The zero-order valence-electron chi connectivity index (χ0n) is 19.5. The third-order valence-electron chi connectivity index (χ3n) is 7.01. The normalized spacial score (nSPS) is 23.5. The van der Waals surface area contributed by atoms with Gasteiger partial charge in [-0.1, -0.05) is 30.3 Å². The maximum absolute atomic E-state index is 15.1. The highest BCUT2D eigenvalue weighted by atomic mass is 32.2. The molecule has 2 saturated heterocycles. The largest absolute Gasteiger partial charge is 0.368 e. The van der Waals surface area contributed by atoms with E-state index >= 15 is 4.39 Å². The standard InChI is InChI=1S/C25H32FN3O3S/c1-18-6-4-5-7-23(18)25-11-8-19(2)29(33(25,31)32)17-21-9-10-22(16-24(21)26)28-14-12-27(13-15-28)20(3)30/h4-7,9-10,16,19,25H,8,11-15,17H2,1-3H3. The zero-order chi connectivity index (χ0) is 23.8. The first kappa shape index (κ1) is 23.7. The van der Waals surface area contributed by atoms with Gasteiger partial charge in [-0.15, -0.1) is 0 Å². The number of anilines is 1. The van der Waals surface area contributed by atoms with Crippen molar-refractivity contribution in [1.82, 2.24) is 9.21 Å². The second-order valence-electron chi connectivity index (χ2n) is 9.13. The summed E-state index contributed by atoms with van der Waals surface area (Å²) in [6.07, 6.45) is 1.30. The number of hydrogen-bond acceptors (Lipinski definition) is 4. The number of rotatable bonds is 4. The Morgan fingerprint density at radius 3 is 2.39 bits per heavy atom. The highest BCUT2D eigenvalue weighted by Crippen LogP contribution is 2.39. The summed E-state index contributed by atoms with van der Waals surface area (Å²) in [6.45, 7) is 7.93. The van der Waals surface area contributed by atoms with E-state index in [1.165, 1.54) is 10.4 Å². The van der Waals surface area contributed by atoms with Gasteiger partial charge in [0, 0.05) is 56.9 Å². The van der Waals surface area contributed by atoms with Crippen molar-refractivity contribution in [3.8, 4) is 0 Å². The van der Waals surface area contributed by atoms with Crippen LogP contribution in [0.5, 0.6) is 0 Å². The summed E-state index contributed by atoms with van der Waals surface area (Å²) in [7, 11) is -3.63. The quantitative estimate of drug-likeness (QED) is 0.677.